The van der Waals surface area contributed by atoms with E-state index in [-0.39, 0.29) is 5.91 Å². The van der Waals surface area contributed by atoms with E-state index in [4.69, 9.17) is 9.15 Å². The Kier molecular flexibility index (Phi) is 7.74. The fourth-order valence-electron chi connectivity index (χ4n) is 4.14. The maximum absolute atomic E-state index is 12.6. The summed E-state index contributed by atoms with van der Waals surface area (Å²) < 4.78 is 13.7. The lowest BCUT2D eigenvalue weighted by Gasteiger charge is -2.15. The Morgan fingerprint density at radius 2 is 1.86 bits per heavy atom. The van der Waals surface area contributed by atoms with Crippen molar-refractivity contribution in [3.63, 3.8) is 0 Å². The molecule has 6 heteroatoms. The van der Waals surface area contributed by atoms with Gasteiger partial charge in [0, 0.05) is 22.5 Å². The molecule has 186 valence electrons. The van der Waals surface area contributed by atoms with Crippen molar-refractivity contribution in [1.82, 2.24) is 9.99 Å². The maximum Gasteiger partial charge on any atom is 0.271 e. The number of nitrogens with zero attached hydrogens (tertiary/aromatic N) is 2. The van der Waals surface area contributed by atoms with Crippen LogP contribution >= 0.6 is 0 Å². The molecule has 0 spiro atoms. The molecule has 0 atom stereocenters. The van der Waals surface area contributed by atoms with E-state index in [0.29, 0.717) is 24.6 Å². The predicted octanol–water partition coefficient (Wildman–Crippen LogP) is 6.52. The third-order valence-electron chi connectivity index (χ3n) is 6.28. The molecular weight excluding hydrogens is 450 g/mol. The lowest BCUT2D eigenvalue weighted by molar-refractivity contribution is 0.0955. The Hall–Kier alpha value is -4.06. The molecule has 0 fully saturated rings. The highest BCUT2D eigenvalue weighted by molar-refractivity contribution is 5.95. The van der Waals surface area contributed by atoms with E-state index in [9.17, 15) is 4.79 Å². The van der Waals surface area contributed by atoms with E-state index in [0.717, 1.165) is 34.0 Å². The average molecular weight is 484 g/mol. The van der Waals surface area contributed by atoms with Gasteiger partial charge in [-0.05, 0) is 79.8 Å². The molecule has 6 nitrogen and oxygen atoms in total. The molecule has 0 aliphatic rings. The van der Waals surface area contributed by atoms with Crippen LogP contribution in [0.5, 0.6) is 5.75 Å². The van der Waals surface area contributed by atoms with Crippen molar-refractivity contribution >= 4 is 12.1 Å². The smallest absolute Gasteiger partial charge is 0.271 e. The van der Waals surface area contributed by atoms with E-state index in [1.807, 2.05) is 44.2 Å². The molecule has 4 rings (SSSR count). The summed E-state index contributed by atoms with van der Waals surface area (Å²) in [5, 5.41) is 4.18. The van der Waals surface area contributed by atoms with E-state index in [1.165, 1.54) is 11.1 Å². The van der Waals surface area contributed by atoms with Gasteiger partial charge in [-0.1, -0.05) is 38.1 Å². The Morgan fingerprint density at radius 3 is 2.56 bits per heavy atom. The summed E-state index contributed by atoms with van der Waals surface area (Å²) in [5.41, 5.74) is 9.62. The number of aryl methyl sites for hydroxylation is 2. The van der Waals surface area contributed by atoms with Gasteiger partial charge in [-0.3, -0.25) is 4.79 Å². The molecule has 36 heavy (non-hydrogen) atoms. The number of carbonyl (C=O) groups excluding carboxylic acids is 1. The van der Waals surface area contributed by atoms with E-state index < -0.39 is 0 Å². The predicted molar refractivity (Wildman–Crippen MR) is 143 cm³/mol. The maximum atomic E-state index is 12.6. The summed E-state index contributed by atoms with van der Waals surface area (Å²) in [7, 11) is 0. The molecule has 0 aliphatic heterocycles. The van der Waals surface area contributed by atoms with Crippen LogP contribution in [0.15, 0.2) is 76.4 Å². The first-order chi connectivity index (χ1) is 17.3. The second-order valence-electron chi connectivity index (χ2n) is 9.37. The first kappa shape index (κ1) is 25.0. The summed E-state index contributed by atoms with van der Waals surface area (Å²) in [6.45, 7) is 11.5. The van der Waals surface area contributed by atoms with Crippen LogP contribution in [0.3, 0.4) is 0 Å². The zero-order valence-electron chi connectivity index (χ0n) is 21.5. The summed E-state index contributed by atoms with van der Waals surface area (Å²) in [4.78, 5) is 12.6. The van der Waals surface area contributed by atoms with Crippen molar-refractivity contribution in [1.29, 1.82) is 0 Å². The second kappa shape index (κ2) is 11.1. The van der Waals surface area contributed by atoms with Gasteiger partial charge >= 0.3 is 0 Å². The van der Waals surface area contributed by atoms with Crippen LogP contribution in [0, 0.1) is 20.8 Å². The van der Waals surface area contributed by atoms with E-state index in [1.54, 1.807) is 24.6 Å². The molecule has 2 aromatic heterocycles. The van der Waals surface area contributed by atoms with Gasteiger partial charge in [0.05, 0.1) is 19.0 Å². The van der Waals surface area contributed by atoms with Crippen LogP contribution < -0.4 is 10.2 Å². The highest BCUT2D eigenvalue weighted by atomic mass is 16.5. The van der Waals surface area contributed by atoms with Crippen LogP contribution in [0.25, 0.3) is 0 Å². The van der Waals surface area contributed by atoms with Crippen LogP contribution in [0.4, 0.5) is 0 Å². The highest BCUT2D eigenvalue weighted by Crippen LogP contribution is 2.28. The minimum absolute atomic E-state index is 0.260. The number of furan rings is 1. The SMILES string of the molecule is Cc1ccc(C(C)C)c(OCc2ccc(C(=O)NN=Cc3cc(C)n(Cc4ccco4)c3C)cc2)c1. The molecule has 0 saturated heterocycles. The number of rotatable bonds is 9. The van der Waals surface area contributed by atoms with Crippen LogP contribution in [0.2, 0.25) is 0 Å². The van der Waals surface area contributed by atoms with E-state index >= 15 is 0 Å². The fraction of sp³-hybridized carbons (Fsp3) is 0.267. The standard InChI is InChI=1S/C30H33N3O3/c1-20(2)28-13-8-21(3)15-29(28)36-19-24-9-11-25(12-10-24)30(34)32-31-17-26-16-22(4)33(23(26)5)18-27-7-6-14-35-27/h6-17,20H,18-19H2,1-5H3,(H,32,34). The zero-order valence-corrected chi connectivity index (χ0v) is 21.5. The third kappa shape index (κ3) is 5.95. The van der Waals surface area contributed by atoms with Gasteiger partial charge in [-0.15, -0.1) is 0 Å². The summed E-state index contributed by atoms with van der Waals surface area (Å²) in [6.07, 6.45) is 3.35. The fourth-order valence-corrected chi connectivity index (χ4v) is 4.14. The normalized spacial score (nSPS) is 11.4. The molecule has 0 aliphatic carbocycles. The number of hydrogen-bond acceptors (Lipinski definition) is 4. The van der Waals surface area contributed by atoms with Gasteiger partial charge in [0.1, 0.15) is 18.1 Å². The van der Waals surface area contributed by atoms with E-state index in [2.05, 4.69) is 54.1 Å². The number of benzene rings is 2. The third-order valence-corrected chi connectivity index (χ3v) is 6.28. The molecule has 1 N–H and O–H groups in total. The van der Waals surface area contributed by atoms with Crippen molar-refractivity contribution in [2.24, 2.45) is 5.10 Å². The van der Waals surface area contributed by atoms with Gasteiger partial charge in [0.25, 0.3) is 5.91 Å². The Morgan fingerprint density at radius 1 is 1.08 bits per heavy atom. The number of amides is 1. The van der Waals surface area contributed by atoms with Gasteiger partial charge in [-0.2, -0.15) is 5.10 Å². The molecule has 0 saturated carbocycles. The number of nitrogens with one attached hydrogen (secondary N) is 1. The van der Waals surface area contributed by atoms with Crippen molar-refractivity contribution in [2.45, 2.75) is 53.7 Å². The number of aromatic nitrogens is 1. The van der Waals surface area contributed by atoms with Gasteiger partial charge < -0.3 is 13.7 Å². The van der Waals surface area contributed by atoms with Gasteiger partial charge in [0.2, 0.25) is 0 Å². The van der Waals surface area contributed by atoms with Crippen molar-refractivity contribution in [2.75, 3.05) is 0 Å². The number of hydrazone groups is 1. The number of carbonyl (C=O) groups is 1. The molecule has 0 radical (unpaired) electrons. The Balaban J connectivity index is 1.34. The van der Waals surface area contributed by atoms with Gasteiger partial charge in [-0.25, -0.2) is 5.43 Å². The molecular formula is C30H33N3O3. The molecule has 4 aromatic rings. The van der Waals surface area contributed by atoms with Crippen LogP contribution in [0.1, 0.15) is 69.5 Å². The van der Waals surface area contributed by atoms with Crippen molar-refractivity contribution in [3.8, 4) is 5.75 Å². The van der Waals surface area contributed by atoms with Gasteiger partial charge in [0.15, 0.2) is 0 Å². The van der Waals surface area contributed by atoms with Crippen molar-refractivity contribution < 1.29 is 13.9 Å². The first-order valence-electron chi connectivity index (χ1n) is 12.2. The Bertz CT molecular complexity index is 1350. The minimum Gasteiger partial charge on any atom is -0.489 e. The molecule has 1 amide bonds. The second-order valence-corrected chi connectivity index (χ2v) is 9.37. The molecule has 0 bridgehead atoms. The summed E-state index contributed by atoms with van der Waals surface area (Å²) in [5.74, 6) is 1.92. The lowest BCUT2D eigenvalue weighted by Crippen LogP contribution is -2.17. The molecule has 0 unspecified atom stereocenters. The average Bonchev–Trinajstić information content (AvgIpc) is 3.47. The number of hydrogen-bond donors (Lipinski definition) is 1. The largest absolute Gasteiger partial charge is 0.489 e. The van der Waals surface area contributed by atoms with Crippen LogP contribution in [-0.2, 0) is 13.2 Å². The zero-order chi connectivity index (χ0) is 25.7. The van der Waals surface area contributed by atoms with Crippen LogP contribution in [-0.4, -0.2) is 16.7 Å². The quantitative estimate of drug-likeness (QED) is 0.218. The number of ether oxygens (including phenoxy) is 1. The Labute approximate surface area is 212 Å². The lowest BCUT2D eigenvalue weighted by atomic mass is 10.0. The molecule has 2 aromatic carbocycles. The minimum atomic E-state index is -0.260. The first-order valence-corrected chi connectivity index (χ1v) is 12.2. The molecule has 2 heterocycles. The highest BCUT2D eigenvalue weighted by Gasteiger charge is 2.11. The topological polar surface area (TPSA) is 68.8 Å². The summed E-state index contributed by atoms with van der Waals surface area (Å²) in [6, 6.07) is 19.6. The van der Waals surface area contributed by atoms with Crippen molar-refractivity contribution in [3.05, 3.63) is 112 Å². The monoisotopic (exact) mass is 483 g/mol. The summed E-state index contributed by atoms with van der Waals surface area (Å²) >= 11 is 0.